The minimum atomic E-state index is -3.76. The van der Waals surface area contributed by atoms with Crippen molar-refractivity contribution in [3.05, 3.63) is 41.9 Å². The van der Waals surface area contributed by atoms with Gasteiger partial charge in [-0.15, -0.1) is 0 Å². The SMILES string of the molecule is CCn1nc(C)c(S(=O)(=O)Nc2ccccc2-c2cn3c(n2)SCC3)c1C. The number of nitrogens with zero attached hydrogens (tertiary/aromatic N) is 4. The molecular formula is C18H21N5O2S2. The molecule has 4 rings (SSSR count). The average molecular weight is 404 g/mol. The van der Waals surface area contributed by atoms with Crippen LogP contribution in [0.3, 0.4) is 0 Å². The molecule has 7 nitrogen and oxygen atoms in total. The third-order valence-corrected chi connectivity index (χ3v) is 7.22. The van der Waals surface area contributed by atoms with E-state index in [0.29, 0.717) is 23.6 Å². The number of aromatic nitrogens is 4. The molecule has 1 aliphatic rings. The summed E-state index contributed by atoms with van der Waals surface area (Å²) in [5.41, 5.74) is 3.19. The number of nitrogens with one attached hydrogen (secondary N) is 1. The predicted molar refractivity (Wildman–Crippen MR) is 107 cm³/mol. The smallest absolute Gasteiger partial charge is 0.265 e. The molecule has 0 bridgehead atoms. The van der Waals surface area contributed by atoms with Gasteiger partial charge < -0.3 is 4.57 Å². The lowest BCUT2D eigenvalue weighted by Crippen LogP contribution is -2.15. The minimum absolute atomic E-state index is 0.238. The molecule has 3 heterocycles. The second-order valence-electron chi connectivity index (χ2n) is 6.42. The Kier molecular flexibility index (Phi) is 4.51. The van der Waals surface area contributed by atoms with Crippen LogP contribution in [0, 0.1) is 13.8 Å². The second kappa shape index (κ2) is 6.72. The first-order chi connectivity index (χ1) is 12.9. The van der Waals surface area contributed by atoms with Crippen LogP contribution in [-0.4, -0.2) is 33.5 Å². The number of rotatable bonds is 5. The van der Waals surface area contributed by atoms with Gasteiger partial charge in [-0.3, -0.25) is 9.40 Å². The van der Waals surface area contributed by atoms with Gasteiger partial charge in [-0.05, 0) is 26.8 Å². The van der Waals surface area contributed by atoms with E-state index in [1.165, 1.54) is 0 Å². The number of benzene rings is 1. The molecule has 3 aromatic rings. The maximum atomic E-state index is 13.1. The Balaban J connectivity index is 1.74. The lowest BCUT2D eigenvalue weighted by molar-refractivity contribution is 0.598. The third-order valence-electron chi connectivity index (χ3n) is 4.63. The number of thioether (sulfide) groups is 1. The number of hydrogen-bond donors (Lipinski definition) is 1. The first-order valence-corrected chi connectivity index (χ1v) is 11.2. The second-order valence-corrected chi connectivity index (χ2v) is 9.10. The molecule has 0 unspecified atom stereocenters. The molecule has 1 N–H and O–H groups in total. The summed E-state index contributed by atoms with van der Waals surface area (Å²) in [5, 5.41) is 5.30. The summed E-state index contributed by atoms with van der Waals surface area (Å²) < 4.78 is 32.8. The molecule has 0 spiro atoms. The molecule has 27 heavy (non-hydrogen) atoms. The molecule has 0 saturated carbocycles. The topological polar surface area (TPSA) is 81.8 Å². The zero-order valence-corrected chi connectivity index (χ0v) is 17.1. The number of para-hydroxylation sites is 1. The Hall–Kier alpha value is -2.26. The summed E-state index contributed by atoms with van der Waals surface area (Å²) in [5.74, 6) is 1.02. The van der Waals surface area contributed by atoms with Crippen molar-refractivity contribution in [2.45, 2.75) is 43.9 Å². The average Bonchev–Trinajstić information content (AvgIpc) is 3.28. The Morgan fingerprint density at radius 1 is 1.26 bits per heavy atom. The van der Waals surface area contributed by atoms with Gasteiger partial charge in [0.05, 0.1) is 22.8 Å². The van der Waals surface area contributed by atoms with E-state index in [1.807, 2.05) is 31.3 Å². The van der Waals surface area contributed by atoms with Crippen LogP contribution in [0.4, 0.5) is 5.69 Å². The molecule has 0 fully saturated rings. The summed E-state index contributed by atoms with van der Waals surface area (Å²) in [6, 6.07) is 7.35. The van der Waals surface area contributed by atoms with Crippen LogP contribution in [0.5, 0.6) is 0 Å². The third kappa shape index (κ3) is 3.14. The van der Waals surface area contributed by atoms with Crippen molar-refractivity contribution in [3.8, 4) is 11.3 Å². The number of fused-ring (bicyclic) bond motifs is 1. The molecule has 1 aromatic carbocycles. The molecule has 2 aromatic heterocycles. The summed E-state index contributed by atoms with van der Waals surface area (Å²) in [4.78, 5) is 4.89. The van der Waals surface area contributed by atoms with E-state index in [2.05, 4.69) is 19.4 Å². The molecule has 0 saturated heterocycles. The number of hydrogen-bond acceptors (Lipinski definition) is 5. The number of anilines is 1. The molecule has 0 amide bonds. The van der Waals surface area contributed by atoms with Gasteiger partial charge in [0.1, 0.15) is 4.90 Å². The van der Waals surface area contributed by atoms with Gasteiger partial charge in [0, 0.05) is 30.6 Å². The van der Waals surface area contributed by atoms with Crippen LogP contribution in [0.1, 0.15) is 18.3 Å². The van der Waals surface area contributed by atoms with E-state index >= 15 is 0 Å². The summed E-state index contributed by atoms with van der Waals surface area (Å²) in [6.07, 6.45) is 1.98. The number of aryl methyl sites for hydroxylation is 3. The Bertz CT molecular complexity index is 1090. The van der Waals surface area contributed by atoms with Crippen molar-refractivity contribution in [1.82, 2.24) is 19.3 Å². The normalized spacial score (nSPS) is 13.7. The maximum absolute atomic E-state index is 13.1. The van der Waals surface area contributed by atoms with E-state index in [9.17, 15) is 8.42 Å². The van der Waals surface area contributed by atoms with Gasteiger partial charge in [-0.25, -0.2) is 13.4 Å². The van der Waals surface area contributed by atoms with Crippen molar-refractivity contribution in [2.75, 3.05) is 10.5 Å². The molecule has 0 atom stereocenters. The zero-order valence-electron chi connectivity index (χ0n) is 15.4. The molecule has 142 valence electrons. The van der Waals surface area contributed by atoms with Crippen molar-refractivity contribution in [1.29, 1.82) is 0 Å². The van der Waals surface area contributed by atoms with Gasteiger partial charge in [0.2, 0.25) is 0 Å². The predicted octanol–water partition coefficient (Wildman–Crippen LogP) is 3.29. The molecule has 9 heteroatoms. The lowest BCUT2D eigenvalue weighted by atomic mass is 10.1. The van der Waals surface area contributed by atoms with Gasteiger partial charge in [0.25, 0.3) is 10.0 Å². The van der Waals surface area contributed by atoms with E-state index in [1.54, 1.807) is 36.4 Å². The molecule has 0 aliphatic carbocycles. The molecule has 1 aliphatic heterocycles. The van der Waals surface area contributed by atoms with Crippen LogP contribution in [0.25, 0.3) is 11.3 Å². The quantitative estimate of drug-likeness (QED) is 0.707. The Labute approximate surface area is 162 Å². The van der Waals surface area contributed by atoms with Gasteiger partial charge >= 0.3 is 0 Å². The zero-order chi connectivity index (χ0) is 19.2. The molecular weight excluding hydrogens is 382 g/mol. The summed E-state index contributed by atoms with van der Waals surface area (Å²) in [7, 11) is -3.76. The highest BCUT2D eigenvalue weighted by Gasteiger charge is 2.26. The summed E-state index contributed by atoms with van der Waals surface area (Å²) in [6.45, 7) is 6.98. The fourth-order valence-corrected chi connectivity index (χ4v) is 5.84. The lowest BCUT2D eigenvalue weighted by Gasteiger charge is -2.12. The minimum Gasteiger partial charge on any atom is -0.325 e. The van der Waals surface area contributed by atoms with Crippen LogP contribution in [-0.2, 0) is 23.1 Å². The number of sulfonamides is 1. The number of imidazole rings is 1. The van der Waals surface area contributed by atoms with Gasteiger partial charge in [-0.1, -0.05) is 30.0 Å². The van der Waals surface area contributed by atoms with Crippen molar-refractivity contribution in [3.63, 3.8) is 0 Å². The van der Waals surface area contributed by atoms with Crippen LogP contribution in [0.2, 0.25) is 0 Å². The highest BCUT2D eigenvalue weighted by atomic mass is 32.2. The first kappa shape index (κ1) is 18.1. The molecule has 0 radical (unpaired) electrons. The highest BCUT2D eigenvalue weighted by Crippen LogP contribution is 2.34. The van der Waals surface area contributed by atoms with E-state index in [0.717, 1.165) is 28.7 Å². The van der Waals surface area contributed by atoms with Crippen molar-refractivity contribution >= 4 is 27.5 Å². The van der Waals surface area contributed by atoms with Crippen molar-refractivity contribution < 1.29 is 8.42 Å². The summed E-state index contributed by atoms with van der Waals surface area (Å²) >= 11 is 1.71. The van der Waals surface area contributed by atoms with Crippen molar-refractivity contribution in [2.24, 2.45) is 0 Å². The van der Waals surface area contributed by atoms with Crippen LogP contribution < -0.4 is 4.72 Å². The first-order valence-electron chi connectivity index (χ1n) is 8.77. The highest BCUT2D eigenvalue weighted by molar-refractivity contribution is 7.99. The van der Waals surface area contributed by atoms with E-state index in [-0.39, 0.29) is 4.90 Å². The van der Waals surface area contributed by atoms with Gasteiger partial charge in [0.15, 0.2) is 5.16 Å². The Morgan fingerprint density at radius 3 is 2.74 bits per heavy atom. The fraction of sp³-hybridized carbons (Fsp3) is 0.333. The standard InChI is InChI=1S/C18H21N5O2S2/c1-4-23-13(3)17(12(2)20-23)27(24,25)21-15-8-6-5-7-14(15)16-11-22-9-10-26-18(22)19-16/h5-8,11,21H,4,9-10H2,1-3H3. The van der Waals surface area contributed by atoms with Gasteiger partial charge in [-0.2, -0.15) is 5.10 Å². The monoisotopic (exact) mass is 403 g/mol. The van der Waals surface area contributed by atoms with Crippen LogP contribution in [0.15, 0.2) is 40.5 Å². The largest absolute Gasteiger partial charge is 0.325 e. The van der Waals surface area contributed by atoms with Crippen LogP contribution >= 0.6 is 11.8 Å². The Morgan fingerprint density at radius 2 is 2.04 bits per heavy atom. The maximum Gasteiger partial charge on any atom is 0.265 e. The van der Waals surface area contributed by atoms with E-state index < -0.39 is 10.0 Å². The fourth-order valence-electron chi connectivity index (χ4n) is 3.41. The van der Waals surface area contributed by atoms with E-state index in [4.69, 9.17) is 0 Å².